The standard InChI is InChI=1S/C9H13N3O2/c1-6(2)4-12-5-7(10)8(11-12)9(13)14-3/h5H,1,4,10H2,2-3H3. The predicted octanol–water partition coefficient (Wildman–Crippen LogP) is 0.828. The summed E-state index contributed by atoms with van der Waals surface area (Å²) in [7, 11) is 1.29. The van der Waals surface area contributed by atoms with Gasteiger partial charge in [0.15, 0.2) is 5.69 Å². The van der Waals surface area contributed by atoms with Crippen molar-refractivity contribution in [3.8, 4) is 0 Å². The molecule has 0 radical (unpaired) electrons. The molecule has 2 N–H and O–H groups in total. The SMILES string of the molecule is C=C(C)Cn1cc(N)c(C(=O)OC)n1. The molecule has 1 heterocycles. The van der Waals surface area contributed by atoms with Crippen LogP contribution in [-0.2, 0) is 11.3 Å². The summed E-state index contributed by atoms with van der Waals surface area (Å²) in [6.07, 6.45) is 1.58. The first-order valence-corrected chi connectivity index (χ1v) is 4.10. The zero-order valence-electron chi connectivity index (χ0n) is 8.28. The van der Waals surface area contributed by atoms with Gasteiger partial charge >= 0.3 is 5.97 Å². The molecule has 0 unspecified atom stereocenters. The Balaban J connectivity index is 2.93. The fourth-order valence-electron chi connectivity index (χ4n) is 1.05. The Morgan fingerprint density at radius 2 is 2.43 bits per heavy atom. The lowest BCUT2D eigenvalue weighted by atomic mass is 10.3. The van der Waals surface area contributed by atoms with Crippen molar-refractivity contribution in [1.82, 2.24) is 9.78 Å². The summed E-state index contributed by atoms with van der Waals surface area (Å²) in [6.45, 7) is 6.15. The van der Waals surface area contributed by atoms with E-state index in [0.29, 0.717) is 12.2 Å². The van der Waals surface area contributed by atoms with Crippen LogP contribution in [0.5, 0.6) is 0 Å². The number of hydrogen-bond donors (Lipinski definition) is 1. The van der Waals surface area contributed by atoms with Crippen molar-refractivity contribution in [1.29, 1.82) is 0 Å². The van der Waals surface area contributed by atoms with E-state index in [1.165, 1.54) is 7.11 Å². The molecule has 0 saturated heterocycles. The number of nitrogens with two attached hydrogens (primary N) is 1. The van der Waals surface area contributed by atoms with Crippen LogP contribution < -0.4 is 5.73 Å². The highest BCUT2D eigenvalue weighted by molar-refractivity contribution is 5.92. The van der Waals surface area contributed by atoms with Gasteiger partial charge in [0.25, 0.3) is 0 Å². The molecule has 1 aromatic rings. The van der Waals surface area contributed by atoms with Gasteiger partial charge in [-0.25, -0.2) is 4.79 Å². The van der Waals surface area contributed by atoms with Crippen LogP contribution >= 0.6 is 0 Å². The number of allylic oxidation sites excluding steroid dienone is 1. The third-order valence-corrected chi connectivity index (χ3v) is 1.60. The van der Waals surface area contributed by atoms with Crippen LogP contribution in [-0.4, -0.2) is 22.9 Å². The average Bonchev–Trinajstić information content (AvgIpc) is 2.44. The van der Waals surface area contributed by atoms with Gasteiger partial charge in [-0.1, -0.05) is 12.2 Å². The molecule has 0 aliphatic rings. The third kappa shape index (κ3) is 2.12. The Labute approximate surface area is 82.2 Å². The molecule has 0 bridgehead atoms. The quantitative estimate of drug-likeness (QED) is 0.572. The number of aromatic nitrogens is 2. The molecule has 5 nitrogen and oxygen atoms in total. The second-order valence-corrected chi connectivity index (χ2v) is 3.08. The van der Waals surface area contributed by atoms with Crippen molar-refractivity contribution in [3.05, 3.63) is 24.0 Å². The van der Waals surface area contributed by atoms with Gasteiger partial charge in [-0.15, -0.1) is 0 Å². The van der Waals surface area contributed by atoms with Gasteiger partial charge in [0.2, 0.25) is 0 Å². The smallest absolute Gasteiger partial charge is 0.360 e. The maximum absolute atomic E-state index is 11.1. The zero-order chi connectivity index (χ0) is 10.7. The van der Waals surface area contributed by atoms with E-state index in [0.717, 1.165) is 5.57 Å². The predicted molar refractivity (Wildman–Crippen MR) is 52.8 cm³/mol. The molecule has 0 atom stereocenters. The molecule has 14 heavy (non-hydrogen) atoms. The molecular weight excluding hydrogens is 182 g/mol. The Bertz CT molecular complexity index is 368. The number of esters is 1. The summed E-state index contributed by atoms with van der Waals surface area (Å²) in [4.78, 5) is 11.1. The van der Waals surface area contributed by atoms with Gasteiger partial charge in [0, 0.05) is 6.20 Å². The summed E-state index contributed by atoms with van der Waals surface area (Å²) in [5.74, 6) is -0.525. The highest BCUT2D eigenvalue weighted by atomic mass is 16.5. The van der Waals surface area contributed by atoms with Crippen LogP contribution in [0.25, 0.3) is 0 Å². The first-order chi connectivity index (χ1) is 6.54. The van der Waals surface area contributed by atoms with Gasteiger partial charge in [0.05, 0.1) is 19.3 Å². The largest absolute Gasteiger partial charge is 0.464 e. The van der Waals surface area contributed by atoms with Gasteiger partial charge in [-0.3, -0.25) is 4.68 Å². The van der Waals surface area contributed by atoms with Crippen molar-refractivity contribution in [2.75, 3.05) is 12.8 Å². The molecule has 0 aliphatic carbocycles. The minimum absolute atomic E-state index is 0.147. The van der Waals surface area contributed by atoms with Crippen molar-refractivity contribution >= 4 is 11.7 Å². The average molecular weight is 195 g/mol. The first-order valence-electron chi connectivity index (χ1n) is 4.10. The molecule has 0 amide bonds. The number of carbonyl (C=O) groups is 1. The minimum Gasteiger partial charge on any atom is -0.464 e. The molecule has 1 rings (SSSR count). The van der Waals surface area contributed by atoms with Gasteiger partial charge in [-0.2, -0.15) is 5.10 Å². The number of ether oxygens (including phenoxy) is 1. The number of nitrogens with zero attached hydrogens (tertiary/aromatic N) is 2. The van der Waals surface area contributed by atoms with Crippen LogP contribution in [0.1, 0.15) is 17.4 Å². The Morgan fingerprint density at radius 1 is 1.79 bits per heavy atom. The van der Waals surface area contributed by atoms with Crippen molar-refractivity contribution in [2.24, 2.45) is 0 Å². The van der Waals surface area contributed by atoms with Crippen molar-refractivity contribution < 1.29 is 9.53 Å². The lowest BCUT2D eigenvalue weighted by Gasteiger charge is -1.98. The second-order valence-electron chi connectivity index (χ2n) is 3.08. The first kappa shape index (κ1) is 10.3. The monoisotopic (exact) mass is 195 g/mol. The summed E-state index contributed by atoms with van der Waals surface area (Å²) in [6, 6.07) is 0. The van der Waals surface area contributed by atoms with Crippen molar-refractivity contribution in [3.63, 3.8) is 0 Å². The third-order valence-electron chi connectivity index (χ3n) is 1.60. The Hall–Kier alpha value is -1.78. The number of methoxy groups -OCH3 is 1. The van der Waals surface area contributed by atoms with Gasteiger partial charge < -0.3 is 10.5 Å². The molecule has 0 fully saturated rings. The van der Waals surface area contributed by atoms with Gasteiger partial charge in [0.1, 0.15) is 0 Å². The highest BCUT2D eigenvalue weighted by Crippen LogP contribution is 2.10. The molecule has 0 spiro atoms. The highest BCUT2D eigenvalue weighted by Gasteiger charge is 2.14. The maximum atomic E-state index is 11.1. The van der Waals surface area contributed by atoms with Crippen LogP contribution in [0.15, 0.2) is 18.3 Å². The second kappa shape index (κ2) is 3.95. The van der Waals surface area contributed by atoms with E-state index in [4.69, 9.17) is 5.73 Å². The van der Waals surface area contributed by atoms with E-state index in [1.54, 1.807) is 10.9 Å². The summed E-state index contributed by atoms with van der Waals surface area (Å²) in [5.41, 5.74) is 6.98. The summed E-state index contributed by atoms with van der Waals surface area (Å²) < 4.78 is 6.08. The van der Waals surface area contributed by atoms with Crippen LogP contribution in [0.4, 0.5) is 5.69 Å². The van der Waals surface area contributed by atoms with E-state index in [1.807, 2.05) is 6.92 Å². The lowest BCUT2D eigenvalue weighted by Crippen LogP contribution is -2.06. The fourth-order valence-corrected chi connectivity index (χ4v) is 1.05. The lowest BCUT2D eigenvalue weighted by molar-refractivity contribution is 0.0594. The van der Waals surface area contributed by atoms with E-state index < -0.39 is 5.97 Å². The van der Waals surface area contributed by atoms with Crippen LogP contribution in [0.3, 0.4) is 0 Å². The molecule has 76 valence electrons. The molecular formula is C9H13N3O2. The number of anilines is 1. The fraction of sp³-hybridized carbons (Fsp3) is 0.333. The van der Waals surface area contributed by atoms with Crippen LogP contribution in [0, 0.1) is 0 Å². The number of nitrogen functional groups attached to an aromatic ring is 1. The number of carbonyl (C=O) groups excluding carboxylic acids is 1. The van der Waals surface area contributed by atoms with E-state index in [2.05, 4.69) is 16.4 Å². The van der Waals surface area contributed by atoms with Crippen LogP contribution in [0.2, 0.25) is 0 Å². The minimum atomic E-state index is -0.525. The number of hydrogen-bond acceptors (Lipinski definition) is 4. The van der Waals surface area contributed by atoms with E-state index >= 15 is 0 Å². The zero-order valence-corrected chi connectivity index (χ0v) is 8.28. The molecule has 0 aliphatic heterocycles. The van der Waals surface area contributed by atoms with E-state index in [9.17, 15) is 4.79 Å². The topological polar surface area (TPSA) is 70.1 Å². The van der Waals surface area contributed by atoms with Gasteiger partial charge in [-0.05, 0) is 6.92 Å². The van der Waals surface area contributed by atoms with Crippen molar-refractivity contribution in [2.45, 2.75) is 13.5 Å². The normalized spacial score (nSPS) is 9.86. The summed E-state index contributed by atoms with van der Waals surface area (Å²) >= 11 is 0. The molecule has 1 aromatic heterocycles. The van der Waals surface area contributed by atoms with E-state index in [-0.39, 0.29) is 5.69 Å². The Morgan fingerprint density at radius 3 is 2.93 bits per heavy atom. The molecule has 0 saturated carbocycles. The molecule has 5 heteroatoms. The maximum Gasteiger partial charge on any atom is 0.360 e. The number of rotatable bonds is 3. The molecule has 0 aromatic carbocycles. The Kier molecular flexibility index (Phi) is 2.91. The summed E-state index contributed by atoms with van der Waals surface area (Å²) in [5, 5.41) is 3.98.